The molecule has 0 atom stereocenters. The number of hydrogen-bond acceptors (Lipinski definition) is 3. The third kappa shape index (κ3) is 1.02. The van der Waals surface area contributed by atoms with Gasteiger partial charge in [0.15, 0.2) is 10.8 Å². The lowest BCUT2D eigenvalue weighted by Gasteiger charge is -1.98. The van der Waals surface area contributed by atoms with Gasteiger partial charge in [-0.25, -0.2) is 15.0 Å². The van der Waals surface area contributed by atoms with E-state index in [1.54, 1.807) is 6.33 Å². The van der Waals surface area contributed by atoms with Crippen molar-refractivity contribution >= 4 is 22.8 Å². The van der Waals surface area contributed by atoms with Crippen molar-refractivity contribution in [3.63, 3.8) is 0 Å². The van der Waals surface area contributed by atoms with E-state index in [-0.39, 0.29) is 0 Å². The van der Waals surface area contributed by atoms with E-state index in [1.165, 1.54) is 19.2 Å². The van der Waals surface area contributed by atoms with Crippen molar-refractivity contribution in [2.24, 2.45) is 0 Å². The van der Waals surface area contributed by atoms with Gasteiger partial charge in [0.05, 0.1) is 6.33 Å². The number of halogens is 1. The molecule has 66 valence electrons. The van der Waals surface area contributed by atoms with Crippen LogP contribution in [0.2, 0.25) is 5.15 Å². The van der Waals surface area contributed by atoms with Gasteiger partial charge in [-0.15, -0.1) is 0 Å². The van der Waals surface area contributed by atoms with E-state index in [0.29, 0.717) is 16.7 Å². The zero-order valence-corrected chi connectivity index (χ0v) is 7.57. The van der Waals surface area contributed by atoms with Crippen molar-refractivity contribution in [1.29, 1.82) is 0 Å². The summed E-state index contributed by atoms with van der Waals surface area (Å²) in [6.07, 6.45) is 5.70. The molecule has 0 unspecified atom stereocenters. The van der Waals surface area contributed by atoms with Crippen molar-refractivity contribution in [2.75, 3.05) is 0 Å². The van der Waals surface area contributed by atoms with E-state index in [0.717, 1.165) is 5.65 Å². The lowest BCUT2D eigenvalue weighted by molar-refractivity contribution is 0.756. The van der Waals surface area contributed by atoms with Gasteiger partial charge in [-0.2, -0.15) is 0 Å². The molecular weight excluding hydrogens is 188 g/mol. The van der Waals surface area contributed by atoms with Crippen molar-refractivity contribution in [3.05, 3.63) is 17.8 Å². The van der Waals surface area contributed by atoms with Crippen LogP contribution < -0.4 is 0 Å². The summed E-state index contributed by atoms with van der Waals surface area (Å²) >= 11 is 5.87. The molecule has 0 aromatic carbocycles. The first-order chi connectivity index (χ1) is 6.36. The van der Waals surface area contributed by atoms with Gasteiger partial charge in [0.1, 0.15) is 11.8 Å². The van der Waals surface area contributed by atoms with Crippen LogP contribution in [-0.4, -0.2) is 19.5 Å². The zero-order valence-electron chi connectivity index (χ0n) is 6.81. The average Bonchev–Trinajstić information content (AvgIpc) is 2.87. The lowest BCUT2D eigenvalue weighted by atomic mass is 10.5. The summed E-state index contributed by atoms with van der Waals surface area (Å²) in [7, 11) is 0. The molecule has 13 heavy (non-hydrogen) atoms. The molecule has 0 bridgehead atoms. The molecular formula is C8H7ClN4. The third-order valence-electron chi connectivity index (χ3n) is 2.25. The molecule has 0 N–H and O–H groups in total. The van der Waals surface area contributed by atoms with Crippen LogP contribution in [0.4, 0.5) is 0 Å². The largest absolute Gasteiger partial charge is 0.312 e. The Morgan fingerprint density at radius 2 is 2.15 bits per heavy atom. The zero-order chi connectivity index (χ0) is 8.84. The second-order valence-electron chi connectivity index (χ2n) is 3.22. The summed E-state index contributed by atoms with van der Waals surface area (Å²) in [6, 6.07) is 0.580. The number of imidazole rings is 1. The molecule has 0 saturated heterocycles. The van der Waals surface area contributed by atoms with E-state index in [1.807, 2.05) is 0 Å². The van der Waals surface area contributed by atoms with Crippen molar-refractivity contribution in [2.45, 2.75) is 18.9 Å². The minimum absolute atomic E-state index is 0.435. The summed E-state index contributed by atoms with van der Waals surface area (Å²) in [5.74, 6) is 0. The number of rotatable bonds is 1. The summed E-state index contributed by atoms with van der Waals surface area (Å²) < 4.78 is 2.07. The van der Waals surface area contributed by atoms with Crippen molar-refractivity contribution in [3.8, 4) is 0 Å². The van der Waals surface area contributed by atoms with E-state index < -0.39 is 0 Å². The van der Waals surface area contributed by atoms with Crippen LogP contribution in [0.3, 0.4) is 0 Å². The molecule has 5 heteroatoms. The fraction of sp³-hybridized carbons (Fsp3) is 0.375. The van der Waals surface area contributed by atoms with Gasteiger partial charge in [0.2, 0.25) is 0 Å². The normalized spacial score (nSPS) is 16.7. The van der Waals surface area contributed by atoms with E-state index in [9.17, 15) is 0 Å². The molecule has 0 aliphatic heterocycles. The highest BCUT2D eigenvalue weighted by Gasteiger charge is 2.25. The lowest BCUT2D eigenvalue weighted by Crippen LogP contribution is -1.93. The first-order valence-electron chi connectivity index (χ1n) is 4.19. The van der Waals surface area contributed by atoms with Gasteiger partial charge in [0, 0.05) is 6.04 Å². The van der Waals surface area contributed by atoms with Gasteiger partial charge in [0.25, 0.3) is 0 Å². The minimum Gasteiger partial charge on any atom is -0.312 e. The first-order valence-corrected chi connectivity index (χ1v) is 4.57. The number of fused-ring (bicyclic) bond motifs is 1. The summed E-state index contributed by atoms with van der Waals surface area (Å²) in [6.45, 7) is 0. The third-order valence-corrected chi connectivity index (χ3v) is 2.53. The Morgan fingerprint density at radius 1 is 1.31 bits per heavy atom. The summed E-state index contributed by atoms with van der Waals surface area (Å²) in [5, 5.41) is 0.435. The molecule has 1 aliphatic carbocycles. The molecule has 1 aliphatic rings. The minimum atomic E-state index is 0.435. The highest BCUT2D eigenvalue weighted by Crippen LogP contribution is 2.36. The first kappa shape index (κ1) is 7.26. The highest BCUT2D eigenvalue weighted by atomic mass is 35.5. The fourth-order valence-electron chi connectivity index (χ4n) is 1.44. The smallest absolute Gasteiger partial charge is 0.165 e. The number of hydrogen-bond donors (Lipinski definition) is 0. The van der Waals surface area contributed by atoms with E-state index >= 15 is 0 Å². The van der Waals surface area contributed by atoms with Gasteiger partial charge < -0.3 is 4.57 Å². The van der Waals surface area contributed by atoms with Crippen LogP contribution in [0, 0.1) is 0 Å². The topological polar surface area (TPSA) is 43.6 Å². The second-order valence-corrected chi connectivity index (χ2v) is 3.58. The van der Waals surface area contributed by atoms with Gasteiger partial charge in [-0.1, -0.05) is 11.6 Å². The number of aromatic nitrogens is 4. The second kappa shape index (κ2) is 2.42. The Labute approximate surface area is 79.6 Å². The molecule has 0 spiro atoms. The molecule has 3 rings (SSSR count). The standard InChI is InChI=1S/C8H7ClN4/c9-7-6-8(11-3-10-7)13(4-12-6)5-1-2-5/h3-5H,1-2H2. The van der Waals surface area contributed by atoms with Crippen LogP contribution in [-0.2, 0) is 0 Å². The molecule has 2 heterocycles. The Bertz CT molecular complexity index is 460. The SMILES string of the molecule is Clc1ncnc2c1ncn2C1CC1. The molecule has 1 fully saturated rings. The monoisotopic (exact) mass is 194 g/mol. The van der Waals surface area contributed by atoms with Gasteiger partial charge >= 0.3 is 0 Å². The Balaban J connectivity index is 2.32. The van der Waals surface area contributed by atoms with E-state index in [2.05, 4.69) is 19.5 Å². The predicted molar refractivity (Wildman–Crippen MR) is 48.6 cm³/mol. The Morgan fingerprint density at radius 3 is 2.92 bits per heavy atom. The Kier molecular flexibility index (Phi) is 1.35. The maximum absolute atomic E-state index is 5.87. The van der Waals surface area contributed by atoms with Gasteiger partial charge in [-0.3, -0.25) is 0 Å². The number of nitrogens with zero attached hydrogens (tertiary/aromatic N) is 4. The highest BCUT2D eigenvalue weighted by molar-refractivity contribution is 6.33. The Hall–Kier alpha value is -1.16. The van der Waals surface area contributed by atoms with Crippen LogP contribution in [0.15, 0.2) is 12.7 Å². The van der Waals surface area contributed by atoms with Crippen molar-refractivity contribution < 1.29 is 0 Å². The summed E-state index contributed by atoms with van der Waals surface area (Å²) in [4.78, 5) is 12.2. The van der Waals surface area contributed by atoms with Crippen molar-refractivity contribution in [1.82, 2.24) is 19.5 Å². The maximum Gasteiger partial charge on any atom is 0.165 e. The summed E-state index contributed by atoms with van der Waals surface area (Å²) in [5.41, 5.74) is 1.55. The quantitative estimate of drug-likeness (QED) is 0.651. The van der Waals surface area contributed by atoms with Crippen LogP contribution in [0.25, 0.3) is 11.2 Å². The average molecular weight is 195 g/mol. The molecule has 0 amide bonds. The predicted octanol–water partition coefficient (Wildman–Crippen LogP) is 1.81. The van der Waals surface area contributed by atoms with Crippen LogP contribution in [0.5, 0.6) is 0 Å². The molecule has 2 aromatic rings. The fourth-order valence-corrected chi connectivity index (χ4v) is 1.62. The molecule has 2 aromatic heterocycles. The van der Waals surface area contributed by atoms with Gasteiger partial charge in [-0.05, 0) is 12.8 Å². The maximum atomic E-state index is 5.87. The molecule has 4 nitrogen and oxygen atoms in total. The van der Waals surface area contributed by atoms with Crippen LogP contribution >= 0.6 is 11.6 Å². The molecule has 1 saturated carbocycles. The van der Waals surface area contributed by atoms with Crippen LogP contribution in [0.1, 0.15) is 18.9 Å². The molecule has 0 radical (unpaired) electrons. The van der Waals surface area contributed by atoms with E-state index in [4.69, 9.17) is 11.6 Å².